The summed E-state index contributed by atoms with van der Waals surface area (Å²) in [5.74, 6) is -0.0687. The predicted octanol–water partition coefficient (Wildman–Crippen LogP) is 1.99. The number of carbonyl (C=O) groups excluding carboxylic acids is 2. The quantitative estimate of drug-likeness (QED) is 0.729. The lowest BCUT2D eigenvalue weighted by atomic mass is 10.2. The van der Waals surface area contributed by atoms with Gasteiger partial charge in [0.1, 0.15) is 11.8 Å². The number of cyclic esters (lactones) is 1. The molecule has 29 heavy (non-hydrogen) atoms. The van der Waals surface area contributed by atoms with Crippen molar-refractivity contribution >= 4 is 28.6 Å². The van der Waals surface area contributed by atoms with Crippen LogP contribution in [0.15, 0.2) is 36.5 Å². The molecule has 0 bridgehead atoms. The fraction of sp³-hybridized carbons (Fsp3) is 0.350. The highest BCUT2D eigenvalue weighted by Crippen LogP contribution is 2.29. The van der Waals surface area contributed by atoms with E-state index in [9.17, 15) is 9.59 Å². The van der Waals surface area contributed by atoms with Gasteiger partial charge in [-0.1, -0.05) is 18.2 Å². The molecule has 0 radical (unpaired) electrons. The first kappa shape index (κ1) is 17.7. The summed E-state index contributed by atoms with van der Waals surface area (Å²) < 4.78 is 12.3. The van der Waals surface area contributed by atoms with Gasteiger partial charge in [-0.15, -0.1) is 0 Å². The normalized spacial score (nSPS) is 18.9. The van der Waals surface area contributed by atoms with Crippen LogP contribution in [0.3, 0.4) is 0 Å². The number of amides is 2. The van der Waals surface area contributed by atoms with Crippen LogP contribution in [0.4, 0.5) is 10.5 Å². The molecule has 1 saturated heterocycles. The van der Waals surface area contributed by atoms with Crippen molar-refractivity contribution < 1.29 is 19.1 Å². The standard InChI is InChI=1S/C20H21N5O4/c1-28-12-14-10-24(20(27)29-14)17-9-21-25-7-6-23(11-18(17)25)19(26)16-8-13-4-2-3-5-15(13)22-16/h2-5,8-9,14,22H,6-7,10-12H2,1H3. The molecule has 5 rings (SSSR count). The van der Waals surface area contributed by atoms with E-state index in [1.807, 2.05) is 35.0 Å². The Hall–Kier alpha value is -3.33. The van der Waals surface area contributed by atoms with Crippen LogP contribution in [0.1, 0.15) is 16.2 Å². The van der Waals surface area contributed by atoms with Crippen LogP contribution in [0.25, 0.3) is 10.9 Å². The molecule has 2 aliphatic rings. The maximum absolute atomic E-state index is 13.1. The van der Waals surface area contributed by atoms with E-state index in [4.69, 9.17) is 9.47 Å². The van der Waals surface area contributed by atoms with Crippen LogP contribution < -0.4 is 4.90 Å². The van der Waals surface area contributed by atoms with E-state index >= 15 is 0 Å². The number of ether oxygens (including phenoxy) is 2. The van der Waals surface area contributed by atoms with Gasteiger partial charge in [0.05, 0.1) is 43.8 Å². The van der Waals surface area contributed by atoms with Crippen molar-refractivity contribution in [2.75, 3.05) is 31.7 Å². The van der Waals surface area contributed by atoms with Gasteiger partial charge in [-0.25, -0.2) is 4.79 Å². The van der Waals surface area contributed by atoms with E-state index in [2.05, 4.69) is 10.1 Å². The molecule has 1 atom stereocenters. The molecule has 2 amide bonds. The number of carbonyl (C=O) groups is 2. The maximum atomic E-state index is 13.1. The van der Waals surface area contributed by atoms with Crippen molar-refractivity contribution in [3.8, 4) is 0 Å². The fourth-order valence-electron chi connectivity index (χ4n) is 3.98. The molecule has 0 aliphatic carbocycles. The average Bonchev–Trinajstić information content (AvgIpc) is 3.43. The molecule has 1 fully saturated rings. The molecule has 9 heteroatoms. The molecular weight excluding hydrogens is 374 g/mol. The Kier molecular flexibility index (Phi) is 4.24. The first-order valence-electron chi connectivity index (χ1n) is 9.53. The molecule has 150 valence electrons. The number of aromatic nitrogens is 3. The highest BCUT2D eigenvalue weighted by atomic mass is 16.6. The van der Waals surface area contributed by atoms with Crippen molar-refractivity contribution in [1.29, 1.82) is 0 Å². The van der Waals surface area contributed by atoms with E-state index in [1.54, 1.807) is 23.1 Å². The number of hydrogen-bond acceptors (Lipinski definition) is 5. The van der Waals surface area contributed by atoms with Crippen molar-refractivity contribution in [3.05, 3.63) is 47.9 Å². The van der Waals surface area contributed by atoms with Crippen LogP contribution in [-0.2, 0) is 22.6 Å². The maximum Gasteiger partial charge on any atom is 0.414 e. The Morgan fingerprint density at radius 3 is 3.03 bits per heavy atom. The lowest BCUT2D eigenvalue weighted by Crippen LogP contribution is -2.39. The van der Waals surface area contributed by atoms with E-state index in [0.717, 1.165) is 16.6 Å². The Balaban J connectivity index is 1.39. The number of nitrogens with zero attached hydrogens (tertiary/aromatic N) is 4. The van der Waals surface area contributed by atoms with E-state index in [-0.39, 0.29) is 12.0 Å². The largest absolute Gasteiger partial charge is 0.441 e. The third kappa shape index (κ3) is 3.03. The Bertz CT molecular complexity index is 1050. The van der Waals surface area contributed by atoms with E-state index in [0.29, 0.717) is 44.2 Å². The van der Waals surface area contributed by atoms with Crippen LogP contribution in [0.2, 0.25) is 0 Å². The Morgan fingerprint density at radius 1 is 1.34 bits per heavy atom. The predicted molar refractivity (Wildman–Crippen MR) is 105 cm³/mol. The molecule has 4 heterocycles. The molecule has 1 aromatic carbocycles. The second kappa shape index (κ2) is 6.93. The number of benzene rings is 1. The first-order valence-corrected chi connectivity index (χ1v) is 9.53. The number of para-hydroxylation sites is 1. The molecule has 0 saturated carbocycles. The molecule has 9 nitrogen and oxygen atoms in total. The molecule has 1 N–H and O–H groups in total. The van der Waals surface area contributed by atoms with E-state index in [1.165, 1.54) is 0 Å². The number of fused-ring (bicyclic) bond motifs is 2. The number of nitrogens with one attached hydrogen (secondary N) is 1. The zero-order valence-corrected chi connectivity index (χ0v) is 16.0. The van der Waals surface area contributed by atoms with Gasteiger partial charge < -0.3 is 19.4 Å². The zero-order chi connectivity index (χ0) is 20.0. The fourth-order valence-corrected chi connectivity index (χ4v) is 3.98. The summed E-state index contributed by atoms with van der Waals surface area (Å²) in [6.45, 7) is 2.26. The van der Waals surface area contributed by atoms with Gasteiger partial charge in [0.15, 0.2) is 0 Å². The Labute approximate surface area is 166 Å². The Morgan fingerprint density at radius 2 is 2.21 bits per heavy atom. The van der Waals surface area contributed by atoms with Gasteiger partial charge in [0.25, 0.3) is 5.91 Å². The smallest absolute Gasteiger partial charge is 0.414 e. The third-order valence-electron chi connectivity index (χ3n) is 5.41. The van der Waals surface area contributed by atoms with Gasteiger partial charge in [0, 0.05) is 24.6 Å². The van der Waals surface area contributed by atoms with Crippen molar-refractivity contribution in [2.45, 2.75) is 19.2 Å². The first-order chi connectivity index (χ1) is 14.1. The number of H-pyrrole nitrogens is 1. The van der Waals surface area contributed by atoms with Gasteiger partial charge in [0.2, 0.25) is 0 Å². The van der Waals surface area contributed by atoms with Gasteiger partial charge in [-0.05, 0) is 12.1 Å². The number of aromatic amines is 1. The highest BCUT2D eigenvalue weighted by Gasteiger charge is 2.36. The molecular formula is C20H21N5O4. The monoisotopic (exact) mass is 395 g/mol. The summed E-state index contributed by atoms with van der Waals surface area (Å²) >= 11 is 0. The van der Waals surface area contributed by atoms with Gasteiger partial charge in [-0.3, -0.25) is 14.4 Å². The van der Waals surface area contributed by atoms with Crippen molar-refractivity contribution in [3.63, 3.8) is 0 Å². The van der Waals surface area contributed by atoms with Crippen LogP contribution in [0, 0.1) is 0 Å². The van der Waals surface area contributed by atoms with Crippen LogP contribution in [-0.4, -0.2) is 64.6 Å². The number of anilines is 1. The molecule has 2 aliphatic heterocycles. The third-order valence-corrected chi connectivity index (χ3v) is 5.41. The van der Waals surface area contributed by atoms with Crippen LogP contribution >= 0.6 is 0 Å². The summed E-state index contributed by atoms with van der Waals surface area (Å²) in [6, 6.07) is 9.68. The lowest BCUT2D eigenvalue weighted by Gasteiger charge is -2.28. The minimum Gasteiger partial charge on any atom is -0.441 e. The number of methoxy groups -OCH3 is 1. The minimum atomic E-state index is -0.415. The van der Waals surface area contributed by atoms with Gasteiger partial charge >= 0.3 is 6.09 Å². The lowest BCUT2D eigenvalue weighted by molar-refractivity contribution is 0.0701. The second-order valence-electron chi connectivity index (χ2n) is 7.27. The summed E-state index contributed by atoms with van der Waals surface area (Å²) in [4.78, 5) is 31.9. The average molecular weight is 395 g/mol. The van der Waals surface area contributed by atoms with E-state index < -0.39 is 6.09 Å². The van der Waals surface area contributed by atoms with Crippen LogP contribution in [0.5, 0.6) is 0 Å². The van der Waals surface area contributed by atoms with Crippen molar-refractivity contribution in [2.24, 2.45) is 0 Å². The summed E-state index contributed by atoms with van der Waals surface area (Å²) in [5, 5.41) is 5.40. The number of hydrogen-bond donors (Lipinski definition) is 1. The summed E-state index contributed by atoms with van der Waals surface area (Å²) in [7, 11) is 1.58. The molecule has 2 aromatic heterocycles. The van der Waals surface area contributed by atoms with Crippen molar-refractivity contribution in [1.82, 2.24) is 19.7 Å². The molecule has 1 unspecified atom stereocenters. The summed E-state index contributed by atoms with van der Waals surface area (Å²) in [5.41, 5.74) is 3.00. The zero-order valence-electron chi connectivity index (χ0n) is 16.0. The van der Waals surface area contributed by atoms with Gasteiger partial charge in [-0.2, -0.15) is 5.10 Å². The SMILES string of the molecule is COCC1CN(c2cnn3c2CN(C(=O)c2cc4ccccc4[nH]2)CC3)C(=O)O1. The highest BCUT2D eigenvalue weighted by molar-refractivity contribution is 5.98. The summed E-state index contributed by atoms with van der Waals surface area (Å²) in [6.07, 6.45) is 0.945. The topological polar surface area (TPSA) is 92.7 Å². The minimum absolute atomic E-state index is 0.0687. The molecule has 3 aromatic rings. The molecule has 0 spiro atoms. The second-order valence-corrected chi connectivity index (χ2v) is 7.27. The number of rotatable bonds is 4.